The Morgan fingerprint density at radius 2 is 1.73 bits per heavy atom. The molecule has 0 aliphatic heterocycles. The van der Waals surface area contributed by atoms with Crippen molar-refractivity contribution in [2.75, 3.05) is 39.2 Å². The number of nitrogens with zero attached hydrogens (tertiary/aromatic N) is 1. The summed E-state index contributed by atoms with van der Waals surface area (Å²) in [6.45, 7) is 3.49. The number of nitrogens with one attached hydrogen (secondary N) is 1. The van der Waals surface area contributed by atoms with E-state index in [4.69, 9.17) is 9.47 Å². The fourth-order valence-electron chi connectivity index (χ4n) is 2.28. The zero-order valence-corrected chi connectivity index (χ0v) is 15.3. The average Bonchev–Trinajstić information content (AvgIpc) is 2.65. The molecule has 0 unspecified atom stereocenters. The van der Waals surface area contributed by atoms with Crippen LogP contribution in [0.2, 0.25) is 0 Å². The van der Waals surface area contributed by atoms with Crippen molar-refractivity contribution in [1.29, 1.82) is 0 Å². The van der Waals surface area contributed by atoms with Gasteiger partial charge in [-0.15, -0.1) is 0 Å². The lowest BCUT2D eigenvalue weighted by molar-refractivity contribution is 0.0827. The van der Waals surface area contributed by atoms with Gasteiger partial charge >= 0.3 is 0 Å². The Bertz CT molecular complexity index is 759. The molecular formula is C20H24N2O4. The summed E-state index contributed by atoms with van der Waals surface area (Å²) < 4.78 is 10.8. The van der Waals surface area contributed by atoms with Gasteiger partial charge in [0.1, 0.15) is 12.4 Å². The molecule has 0 aliphatic carbocycles. The maximum absolute atomic E-state index is 12.5. The van der Waals surface area contributed by atoms with Gasteiger partial charge in [-0.05, 0) is 43.3 Å². The Morgan fingerprint density at radius 1 is 1.00 bits per heavy atom. The lowest BCUT2D eigenvalue weighted by Gasteiger charge is -2.12. The van der Waals surface area contributed by atoms with Crippen molar-refractivity contribution in [1.82, 2.24) is 4.90 Å². The highest BCUT2D eigenvalue weighted by molar-refractivity contribution is 6.05. The minimum atomic E-state index is -0.269. The van der Waals surface area contributed by atoms with E-state index in [9.17, 15) is 9.59 Å². The van der Waals surface area contributed by atoms with E-state index in [1.165, 1.54) is 4.90 Å². The molecule has 1 N–H and O–H groups in total. The maximum Gasteiger partial charge on any atom is 0.255 e. The Hall–Kier alpha value is -2.86. The van der Waals surface area contributed by atoms with Crippen LogP contribution in [0.15, 0.2) is 48.5 Å². The second-order valence-electron chi connectivity index (χ2n) is 5.81. The van der Waals surface area contributed by atoms with Crippen LogP contribution >= 0.6 is 0 Å². The molecule has 0 heterocycles. The largest absolute Gasteiger partial charge is 0.491 e. The van der Waals surface area contributed by atoms with Crippen LogP contribution in [-0.2, 0) is 4.74 Å². The number of carbonyl (C=O) groups excluding carboxylic acids is 2. The molecule has 0 saturated heterocycles. The highest BCUT2D eigenvalue weighted by Crippen LogP contribution is 2.17. The standard InChI is InChI=1S/C20H24N2O4/c1-4-25-11-12-26-18-10-6-7-15(14-18)19(23)21-17-9-5-8-16(13-17)20(24)22(2)3/h5-10,13-14H,4,11-12H2,1-3H3,(H,21,23). The van der Waals surface area contributed by atoms with Gasteiger partial charge in [-0.2, -0.15) is 0 Å². The number of rotatable bonds is 8. The summed E-state index contributed by atoms with van der Waals surface area (Å²) in [5.74, 6) is 0.217. The predicted molar refractivity (Wildman–Crippen MR) is 101 cm³/mol. The van der Waals surface area contributed by atoms with E-state index < -0.39 is 0 Å². The van der Waals surface area contributed by atoms with Gasteiger partial charge in [0, 0.05) is 37.5 Å². The summed E-state index contributed by atoms with van der Waals surface area (Å²) >= 11 is 0. The van der Waals surface area contributed by atoms with E-state index in [0.717, 1.165) is 0 Å². The molecule has 0 bridgehead atoms. The van der Waals surface area contributed by atoms with Crippen LogP contribution in [0.1, 0.15) is 27.6 Å². The molecule has 6 nitrogen and oxygen atoms in total. The predicted octanol–water partition coefficient (Wildman–Crippen LogP) is 3.06. The molecule has 0 aliphatic rings. The summed E-state index contributed by atoms with van der Waals surface area (Å²) in [4.78, 5) is 26.0. The van der Waals surface area contributed by atoms with Gasteiger partial charge < -0.3 is 19.7 Å². The molecule has 26 heavy (non-hydrogen) atoms. The number of ether oxygens (including phenoxy) is 2. The molecule has 0 fully saturated rings. The third kappa shape index (κ3) is 5.60. The van der Waals surface area contributed by atoms with Crippen molar-refractivity contribution >= 4 is 17.5 Å². The molecule has 6 heteroatoms. The first kappa shape index (κ1) is 19.5. The van der Waals surface area contributed by atoms with E-state index in [-0.39, 0.29) is 11.8 Å². The van der Waals surface area contributed by atoms with Crippen LogP contribution < -0.4 is 10.1 Å². The summed E-state index contributed by atoms with van der Waals surface area (Å²) in [5, 5.41) is 2.81. The van der Waals surface area contributed by atoms with Gasteiger partial charge in [0.25, 0.3) is 11.8 Å². The van der Waals surface area contributed by atoms with Crippen LogP contribution in [0.25, 0.3) is 0 Å². The number of carbonyl (C=O) groups is 2. The van der Waals surface area contributed by atoms with Crippen LogP contribution in [0.3, 0.4) is 0 Å². The minimum absolute atomic E-state index is 0.120. The SMILES string of the molecule is CCOCCOc1cccc(C(=O)Nc2cccc(C(=O)N(C)C)c2)c1. The van der Waals surface area contributed by atoms with Crippen molar-refractivity contribution in [3.05, 3.63) is 59.7 Å². The van der Waals surface area contributed by atoms with E-state index in [2.05, 4.69) is 5.32 Å². The second-order valence-corrected chi connectivity index (χ2v) is 5.81. The highest BCUT2D eigenvalue weighted by atomic mass is 16.5. The van der Waals surface area contributed by atoms with Gasteiger partial charge in [-0.1, -0.05) is 12.1 Å². The van der Waals surface area contributed by atoms with Gasteiger partial charge in [0.05, 0.1) is 6.61 Å². The fraction of sp³-hybridized carbons (Fsp3) is 0.300. The monoisotopic (exact) mass is 356 g/mol. The van der Waals surface area contributed by atoms with E-state index in [1.54, 1.807) is 62.6 Å². The molecule has 2 rings (SSSR count). The molecule has 0 atom stereocenters. The number of hydrogen-bond acceptors (Lipinski definition) is 4. The number of amides is 2. The first-order chi connectivity index (χ1) is 12.5. The Kier molecular flexibility index (Phi) is 7.17. The molecular weight excluding hydrogens is 332 g/mol. The number of hydrogen-bond donors (Lipinski definition) is 1. The molecule has 2 amide bonds. The molecule has 138 valence electrons. The van der Waals surface area contributed by atoms with E-state index in [1.807, 2.05) is 6.92 Å². The van der Waals surface area contributed by atoms with Crippen LogP contribution in [0, 0.1) is 0 Å². The number of anilines is 1. The van der Waals surface area contributed by atoms with Crippen LogP contribution in [-0.4, -0.2) is 50.6 Å². The fourth-order valence-corrected chi connectivity index (χ4v) is 2.28. The van der Waals surface area contributed by atoms with Gasteiger partial charge in [-0.25, -0.2) is 0 Å². The van der Waals surface area contributed by atoms with Crippen molar-refractivity contribution in [3.63, 3.8) is 0 Å². The Balaban J connectivity index is 2.03. The van der Waals surface area contributed by atoms with Gasteiger partial charge in [-0.3, -0.25) is 9.59 Å². The molecule has 2 aromatic rings. The normalized spacial score (nSPS) is 10.3. The number of benzene rings is 2. The molecule has 0 aromatic heterocycles. The smallest absolute Gasteiger partial charge is 0.255 e. The lowest BCUT2D eigenvalue weighted by atomic mass is 10.1. The summed E-state index contributed by atoms with van der Waals surface area (Å²) in [5.41, 5.74) is 1.55. The first-order valence-corrected chi connectivity index (χ1v) is 8.45. The molecule has 0 radical (unpaired) electrons. The summed E-state index contributed by atoms with van der Waals surface area (Å²) in [6, 6.07) is 13.8. The third-order valence-electron chi connectivity index (χ3n) is 3.57. The quantitative estimate of drug-likeness (QED) is 0.738. The molecule has 0 spiro atoms. The van der Waals surface area contributed by atoms with Crippen molar-refractivity contribution in [3.8, 4) is 5.75 Å². The maximum atomic E-state index is 12.5. The van der Waals surface area contributed by atoms with Crippen molar-refractivity contribution < 1.29 is 19.1 Å². The van der Waals surface area contributed by atoms with E-state index in [0.29, 0.717) is 42.4 Å². The molecule has 0 saturated carbocycles. The summed E-state index contributed by atoms with van der Waals surface area (Å²) in [7, 11) is 3.37. The Labute approximate surface area is 153 Å². The zero-order valence-electron chi connectivity index (χ0n) is 15.3. The molecule has 2 aromatic carbocycles. The zero-order chi connectivity index (χ0) is 18.9. The van der Waals surface area contributed by atoms with Gasteiger partial charge in [0.15, 0.2) is 0 Å². The van der Waals surface area contributed by atoms with Crippen LogP contribution in [0.4, 0.5) is 5.69 Å². The minimum Gasteiger partial charge on any atom is -0.491 e. The topological polar surface area (TPSA) is 67.9 Å². The van der Waals surface area contributed by atoms with Gasteiger partial charge in [0.2, 0.25) is 0 Å². The van der Waals surface area contributed by atoms with E-state index >= 15 is 0 Å². The first-order valence-electron chi connectivity index (χ1n) is 8.45. The van der Waals surface area contributed by atoms with Crippen molar-refractivity contribution in [2.24, 2.45) is 0 Å². The second kappa shape index (κ2) is 9.58. The Morgan fingerprint density at radius 3 is 2.46 bits per heavy atom. The van der Waals surface area contributed by atoms with Crippen molar-refractivity contribution in [2.45, 2.75) is 6.92 Å². The third-order valence-corrected chi connectivity index (χ3v) is 3.57. The van der Waals surface area contributed by atoms with Crippen LogP contribution in [0.5, 0.6) is 5.75 Å². The summed E-state index contributed by atoms with van der Waals surface area (Å²) in [6.07, 6.45) is 0. The highest BCUT2D eigenvalue weighted by Gasteiger charge is 2.11. The lowest BCUT2D eigenvalue weighted by Crippen LogP contribution is -2.22. The average molecular weight is 356 g/mol.